The minimum Gasteiger partial charge on any atom is -0.350 e. The SMILES string of the molecule is Cc1nc(C(=O)NCCc2nc3ccccc3[nH]2)c(C)s1. The van der Waals surface area contributed by atoms with Gasteiger partial charge in [-0.2, -0.15) is 0 Å². The van der Waals surface area contributed by atoms with Crippen molar-refractivity contribution in [1.82, 2.24) is 20.3 Å². The van der Waals surface area contributed by atoms with Crippen molar-refractivity contribution in [3.8, 4) is 0 Å². The molecule has 0 saturated heterocycles. The van der Waals surface area contributed by atoms with Crippen molar-refractivity contribution < 1.29 is 4.79 Å². The van der Waals surface area contributed by atoms with Gasteiger partial charge in [-0.25, -0.2) is 9.97 Å². The van der Waals surface area contributed by atoms with Gasteiger partial charge in [0.2, 0.25) is 0 Å². The van der Waals surface area contributed by atoms with Gasteiger partial charge in [0.15, 0.2) is 0 Å². The molecule has 21 heavy (non-hydrogen) atoms. The number of nitrogens with one attached hydrogen (secondary N) is 2. The first-order chi connectivity index (χ1) is 10.1. The molecule has 0 aliphatic carbocycles. The number of imidazole rings is 1. The second kappa shape index (κ2) is 5.65. The third-order valence-corrected chi connectivity index (χ3v) is 4.09. The van der Waals surface area contributed by atoms with Gasteiger partial charge in [0.1, 0.15) is 11.5 Å². The lowest BCUT2D eigenvalue weighted by molar-refractivity contribution is 0.0949. The van der Waals surface area contributed by atoms with E-state index in [1.165, 1.54) is 11.3 Å². The van der Waals surface area contributed by atoms with Gasteiger partial charge in [-0.1, -0.05) is 12.1 Å². The van der Waals surface area contributed by atoms with Crippen molar-refractivity contribution in [2.75, 3.05) is 6.54 Å². The first kappa shape index (κ1) is 13.8. The summed E-state index contributed by atoms with van der Waals surface area (Å²) >= 11 is 1.54. The zero-order chi connectivity index (χ0) is 14.8. The van der Waals surface area contributed by atoms with Crippen LogP contribution in [-0.4, -0.2) is 27.4 Å². The van der Waals surface area contributed by atoms with E-state index >= 15 is 0 Å². The Balaban J connectivity index is 1.60. The molecule has 0 aliphatic rings. The molecule has 3 aromatic rings. The fourth-order valence-corrected chi connectivity index (χ4v) is 3.06. The zero-order valence-electron chi connectivity index (χ0n) is 11.9. The number of carbonyl (C=O) groups is 1. The molecule has 0 aliphatic heterocycles. The van der Waals surface area contributed by atoms with Crippen LogP contribution in [0.25, 0.3) is 11.0 Å². The highest BCUT2D eigenvalue weighted by Crippen LogP contribution is 2.16. The van der Waals surface area contributed by atoms with Gasteiger partial charge in [0.05, 0.1) is 16.0 Å². The second-order valence-electron chi connectivity index (χ2n) is 4.84. The van der Waals surface area contributed by atoms with Crippen LogP contribution in [0.15, 0.2) is 24.3 Å². The molecule has 0 radical (unpaired) electrons. The van der Waals surface area contributed by atoms with Gasteiger partial charge in [-0.05, 0) is 26.0 Å². The predicted molar refractivity (Wildman–Crippen MR) is 83.7 cm³/mol. The standard InChI is InChI=1S/C15H16N4OS/c1-9-14(17-10(2)21-9)15(20)16-8-7-13-18-11-5-3-4-6-12(11)19-13/h3-6H,7-8H2,1-2H3,(H,16,20)(H,18,19). The third-order valence-electron chi connectivity index (χ3n) is 3.20. The quantitative estimate of drug-likeness (QED) is 0.778. The summed E-state index contributed by atoms with van der Waals surface area (Å²) < 4.78 is 0. The summed E-state index contributed by atoms with van der Waals surface area (Å²) in [5, 5.41) is 3.80. The summed E-state index contributed by atoms with van der Waals surface area (Å²) in [5.41, 5.74) is 2.50. The lowest BCUT2D eigenvalue weighted by Gasteiger charge is -2.02. The second-order valence-corrected chi connectivity index (χ2v) is 6.25. The molecule has 0 unspecified atom stereocenters. The lowest BCUT2D eigenvalue weighted by Crippen LogP contribution is -2.26. The fourth-order valence-electron chi connectivity index (χ4n) is 2.24. The van der Waals surface area contributed by atoms with Crippen molar-refractivity contribution in [2.24, 2.45) is 0 Å². The van der Waals surface area contributed by atoms with E-state index in [0.717, 1.165) is 26.7 Å². The van der Waals surface area contributed by atoms with E-state index in [0.29, 0.717) is 18.7 Å². The molecule has 0 saturated carbocycles. The Hall–Kier alpha value is -2.21. The molecule has 1 amide bonds. The molecule has 0 bridgehead atoms. The molecule has 2 heterocycles. The number of amides is 1. The number of thiazole rings is 1. The first-order valence-electron chi connectivity index (χ1n) is 6.79. The normalized spacial score (nSPS) is 11.0. The molecule has 0 atom stereocenters. The van der Waals surface area contributed by atoms with Crippen LogP contribution in [0, 0.1) is 13.8 Å². The fraction of sp³-hybridized carbons (Fsp3) is 0.267. The Morgan fingerprint density at radius 3 is 2.81 bits per heavy atom. The molecule has 1 aromatic carbocycles. The van der Waals surface area contributed by atoms with E-state index in [-0.39, 0.29) is 5.91 Å². The molecule has 108 valence electrons. The van der Waals surface area contributed by atoms with Gasteiger partial charge in [-0.15, -0.1) is 11.3 Å². The number of H-pyrrole nitrogens is 1. The average Bonchev–Trinajstić information content (AvgIpc) is 3.01. The van der Waals surface area contributed by atoms with Crippen molar-refractivity contribution in [2.45, 2.75) is 20.3 Å². The van der Waals surface area contributed by atoms with Crippen molar-refractivity contribution in [1.29, 1.82) is 0 Å². The highest BCUT2D eigenvalue weighted by molar-refractivity contribution is 7.11. The van der Waals surface area contributed by atoms with Gasteiger partial charge in [0, 0.05) is 17.8 Å². The van der Waals surface area contributed by atoms with Crippen LogP contribution >= 0.6 is 11.3 Å². The smallest absolute Gasteiger partial charge is 0.271 e. The average molecular weight is 300 g/mol. The highest BCUT2D eigenvalue weighted by atomic mass is 32.1. The summed E-state index contributed by atoms with van der Waals surface area (Å²) in [5.74, 6) is 0.760. The number of para-hydroxylation sites is 2. The molecule has 2 N–H and O–H groups in total. The number of hydrogen-bond acceptors (Lipinski definition) is 4. The van der Waals surface area contributed by atoms with Crippen LogP contribution in [0.3, 0.4) is 0 Å². The summed E-state index contributed by atoms with van der Waals surface area (Å²) in [6, 6.07) is 7.89. The maximum absolute atomic E-state index is 12.0. The Morgan fingerprint density at radius 1 is 1.29 bits per heavy atom. The maximum atomic E-state index is 12.0. The molecular weight excluding hydrogens is 284 g/mol. The number of aromatic nitrogens is 3. The number of aromatic amines is 1. The molecule has 5 nitrogen and oxygen atoms in total. The summed E-state index contributed by atoms with van der Waals surface area (Å²) in [4.78, 5) is 25.0. The van der Waals surface area contributed by atoms with Gasteiger partial charge < -0.3 is 10.3 Å². The molecule has 3 rings (SSSR count). The third kappa shape index (κ3) is 2.95. The van der Waals surface area contributed by atoms with E-state index in [9.17, 15) is 4.79 Å². The number of nitrogens with zero attached hydrogens (tertiary/aromatic N) is 2. The van der Waals surface area contributed by atoms with E-state index in [4.69, 9.17) is 0 Å². The monoisotopic (exact) mass is 300 g/mol. The number of benzene rings is 1. The predicted octanol–water partition coefficient (Wildman–Crippen LogP) is 2.61. The summed E-state index contributed by atoms with van der Waals surface area (Å²) in [6.07, 6.45) is 0.669. The Morgan fingerprint density at radius 2 is 2.10 bits per heavy atom. The maximum Gasteiger partial charge on any atom is 0.271 e. The Bertz CT molecular complexity index is 757. The minimum absolute atomic E-state index is 0.118. The topological polar surface area (TPSA) is 70.7 Å². The van der Waals surface area contributed by atoms with Gasteiger partial charge in [0.25, 0.3) is 5.91 Å². The number of carbonyl (C=O) groups excluding carboxylic acids is 1. The van der Waals surface area contributed by atoms with E-state index in [1.807, 2.05) is 38.1 Å². The van der Waals surface area contributed by atoms with Crippen LogP contribution in [0.4, 0.5) is 0 Å². The Kier molecular flexibility index (Phi) is 3.70. The summed E-state index contributed by atoms with van der Waals surface area (Å²) in [6.45, 7) is 4.36. The van der Waals surface area contributed by atoms with E-state index in [2.05, 4.69) is 20.3 Å². The largest absolute Gasteiger partial charge is 0.350 e. The first-order valence-corrected chi connectivity index (χ1v) is 7.61. The minimum atomic E-state index is -0.118. The highest BCUT2D eigenvalue weighted by Gasteiger charge is 2.13. The van der Waals surface area contributed by atoms with E-state index < -0.39 is 0 Å². The van der Waals surface area contributed by atoms with Gasteiger partial charge in [-0.3, -0.25) is 4.79 Å². The van der Waals surface area contributed by atoms with Crippen LogP contribution in [0.1, 0.15) is 26.2 Å². The van der Waals surface area contributed by atoms with Crippen molar-refractivity contribution in [3.63, 3.8) is 0 Å². The molecule has 0 fully saturated rings. The van der Waals surface area contributed by atoms with Crippen LogP contribution in [-0.2, 0) is 6.42 Å². The number of fused-ring (bicyclic) bond motifs is 1. The molecule has 2 aromatic heterocycles. The number of aryl methyl sites for hydroxylation is 2. The van der Waals surface area contributed by atoms with Crippen LogP contribution in [0.5, 0.6) is 0 Å². The van der Waals surface area contributed by atoms with E-state index in [1.54, 1.807) is 0 Å². The molecule has 0 spiro atoms. The zero-order valence-corrected chi connectivity index (χ0v) is 12.8. The van der Waals surface area contributed by atoms with Crippen molar-refractivity contribution >= 4 is 28.3 Å². The lowest BCUT2D eigenvalue weighted by atomic mass is 10.3. The molecular formula is C15H16N4OS. The summed E-state index contributed by atoms with van der Waals surface area (Å²) in [7, 11) is 0. The Labute approximate surface area is 126 Å². The van der Waals surface area contributed by atoms with Gasteiger partial charge >= 0.3 is 0 Å². The van der Waals surface area contributed by atoms with Crippen LogP contribution in [0.2, 0.25) is 0 Å². The van der Waals surface area contributed by atoms with Crippen LogP contribution < -0.4 is 5.32 Å². The number of hydrogen-bond donors (Lipinski definition) is 2. The number of rotatable bonds is 4. The molecule has 6 heteroatoms. The van der Waals surface area contributed by atoms with Crippen molar-refractivity contribution in [3.05, 3.63) is 45.7 Å².